The van der Waals surface area contributed by atoms with Crippen LogP contribution in [0.15, 0.2) is 102 Å². The predicted octanol–water partition coefficient (Wildman–Crippen LogP) is 3.89. The molecule has 1 atom stereocenters. The second-order valence-corrected chi connectivity index (χ2v) is 7.47. The lowest BCUT2D eigenvalue weighted by atomic mass is 9.66. The van der Waals surface area contributed by atoms with Gasteiger partial charge in [0.1, 0.15) is 22.8 Å². The Kier molecular flexibility index (Phi) is 4.38. The second kappa shape index (κ2) is 7.25. The molecule has 5 rings (SSSR count). The first-order valence-corrected chi connectivity index (χ1v) is 9.98. The number of amides is 1. The average Bonchev–Trinajstić information content (AvgIpc) is 3.12. The van der Waals surface area contributed by atoms with Gasteiger partial charge < -0.3 is 15.8 Å². The van der Waals surface area contributed by atoms with Crippen LogP contribution in [-0.2, 0) is 14.9 Å². The number of hydrogen-bond acceptors (Lipinski definition) is 5. The Morgan fingerprint density at radius 2 is 1.56 bits per heavy atom. The molecule has 6 heteroatoms. The van der Waals surface area contributed by atoms with Gasteiger partial charge in [-0.3, -0.25) is 9.59 Å². The SMILES string of the molecule is N#CC1=C(N)OC(c2ccccc2)=C(C(=O)c2ccccc2)[C@@]12C(=O)Nc1ccccc12. The lowest BCUT2D eigenvalue weighted by Gasteiger charge is -2.35. The van der Waals surface area contributed by atoms with Crippen LogP contribution < -0.4 is 11.1 Å². The van der Waals surface area contributed by atoms with Crippen LogP contribution in [0.1, 0.15) is 21.5 Å². The lowest BCUT2D eigenvalue weighted by molar-refractivity contribution is -0.118. The van der Waals surface area contributed by atoms with Gasteiger partial charge in [-0.2, -0.15) is 5.26 Å². The molecule has 0 bridgehead atoms. The molecule has 6 nitrogen and oxygen atoms in total. The maximum absolute atomic E-state index is 14.0. The third kappa shape index (κ3) is 2.58. The number of nitrogens with zero attached hydrogens (tertiary/aromatic N) is 1. The van der Waals surface area contributed by atoms with Gasteiger partial charge in [0, 0.05) is 22.4 Å². The minimum Gasteiger partial charge on any atom is -0.439 e. The summed E-state index contributed by atoms with van der Waals surface area (Å²) in [7, 11) is 0. The smallest absolute Gasteiger partial charge is 0.245 e. The number of nitriles is 1. The zero-order valence-electron chi connectivity index (χ0n) is 16.8. The molecule has 1 spiro atoms. The van der Waals surface area contributed by atoms with Crippen molar-refractivity contribution in [2.24, 2.45) is 5.73 Å². The van der Waals surface area contributed by atoms with Gasteiger partial charge in [-0.15, -0.1) is 0 Å². The van der Waals surface area contributed by atoms with Gasteiger partial charge in [-0.05, 0) is 6.07 Å². The zero-order chi connectivity index (χ0) is 22.3. The number of rotatable bonds is 3. The highest BCUT2D eigenvalue weighted by atomic mass is 16.5. The third-order valence-corrected chi connectivity index (χ3v) is 5.77. The number of hydrogen-bond donors (Lipinski definition) is 2. The first-order valence-electron chi connectivity index (χ1n) is 9.98. The molecular weight excluding hydrogens is 402 g/mol. The number of para-hydroxylation sites is 1. The summed E-state index contributed by atoms with van der Waals surface area (Å²) in [6, 6.07) is 26.6. The number of carbonyl (C=O) groups excluding carboxylic acids is 2. The molecule has 1 amide bonds. The van der Waals surface area contributed by atoms with E-state index in [9.17, 15) is 14.9 Å². The van der Waals surface area contributed by atoms with Gasteiger partial charge in [-0.25, -0.2) is 0 Å². The highest BCUT2D eigenvalue weighted by Gasteiger charge is 2.59. The Hall–Kier alpha value is -4.63. The number of carbonyl (C=O) groups is 2. The van der Waals surface area contributed by atoms with E-state index in [4.69, 9.17) is 10.5 Å². The number of nitrogens with two attached hydrogens (primary N) is 1. The highest BCUT2D eigenvalue weighted by molar-refractivity contribution is 6.25. The topological polar surface area (TPSA) is 105 Å². The molecule has 2 heterocycles. The van der Waals surface area contributed by atoms with Crippen LogP contribution in [0.4, 0.5) is 5.69 Å². The maximum atomic E-state index is 14.0. The largest absolute Gasteiger partial charge is 0.439 e. The van der Waals surface area contributed by atoms with E-state index in [1.165, 1.54) is 0 Å². The zero-order valence-corrected chi connectivity index (χ0v) is 16.8. The second-order valence-electron chi connectivity index (χ2n) is 7.47. The minimum absolute atomic E-state index is 0.0584. The Bertz CT molecular complexity index is 1370. The lowest BCUT2D eigenvalue weighted by Crippen LogP contribution is -2.45. The van der Waals surface area contributed by atoms with E-state index in [-0.39, 0.29) is 22.8 Å². The monoisotopic (exact) mass is 419 g/mol. The summed E-state index contributed by atoms with van der Waals surface area (Å²) in [5, 5.41) is 12.9. The first-order chi connectivity index (χ1) is 15.6. The van der Waals surface area contributed by atoms with Crippen LogP contribution in [-0.4, -0.2) is 11.7 Å². The summed E-state index contributed by atoms with van der Waals surface area (Å²) in [5.41, 5.74) is 6.37. The molecule has 0 saturated heterocycles. The molecule has 2 aliphatic rings. The van der Waals surface area contributed by atoms with E-state index in [0.29, 0.717) is 22.4 Å². The molecule has 0 saturated carbocycles. The van der Waals surface area contributed by atoms with Crippen molar-refractivity contribution in [3.05, 3.63) is 119 Å². The molecule has 32 heavy (non-hydrogen) atoms. The van der Waals surface area contributed by atoms with E-state index in [2.05, 4.69) is 5.32 Å². The fourth-order valence-electron chi connectivity index (χ4n) is 4.39. The van der Waals surface area contributed by atoms with E-state index < -0.39 is 17.1 Å². The molecule has 0 radical (unpaired) electrons. The van der Waals surface area contributed by atoms with Crippen LogP contribution in [0.2, 0.25) is 0 Å². The number of fused-ring (bicyclic) bond motifs is 2. The molecule has 154 valence electrons. The molecule has 2 aliphatic heterocycles. The van der Waals surface area contributed by atoms with Crippen LogP contribution in [0.25, 0.3) is 5.76 Å². The van der Waals surface area contributed by atoms with E-state index in [1.54, 1.807) is 78.9 Å². The van der Waals surface area contributed by atoms with Crippen LogP contribution in [0, 0.1) is 11.3 Å². The molecule has 0 unspecified atom stereocenters. The molecule has 0 aliphatic carbocycles. The van der Waals surface area contributed by atoms with Crippen molar-refractivity contribution in [3.63, 3.8) is 0 Å². The summed E-state index contributed by atoms with van der Waals surface area (Å²) in [4.78, 5) is 27.6. The third-order valence-electron chi connectivity index (χ3n) is 5.77. The van der Waals surface area contributed by atoms with Crippen LogP contribution in [0.5, 0.6) is 0 Å². The molecule has 0 aromatic heterocycles. The highest BCUT2D eigenvalue weighted by Crippen LogP contribution is 2.53. The van der Waals surface area contributed by atoms with Gasteiger partial charge in [-0.1, -0.05) is 78.9 Å². The first kappa shape index (κ1) is 19.3. The number of anilines is 1. The fraction of sp³-hybridized carbons (Fsp3) is 0.0385. The van der Waals surface area contributed by atoms with Crippen molar-refractivity contribution in [2.45, 2.75) is 5.41 Å². The van der Waals surface area contributed by atoms with Crippen LogP contribution in [0.3, 0.4) is 0 Å². The van der Waals surface area contributed by atoms with Gasteiger partial charge in [0.25, 0.3) is 0 Å². The van der Waals surface area contributed by atoms with Crippen molar-refractivity contribution in [1.29, 1.82) is 5.26 Å². The number of ether oxygens (including phenoxy) is 1. The minimum atomic E-state index is -1.73. The standard InChI is InChI=1S/C26H17N3O3/c27-15-19-24(28)32-23(17-11-5-2-6-12-17)21(22(30)16-9-3-1-4-10-16)26(19)18-13-7-8-14-20(18)29-25(26)31/h1-14H,28H2,(H,29,31)/t26-/m0/s1. The Labute approximate surface area is 184 Å². The van der Waals surface area contributed by atoms with Crippen molar-refractivity contribution in [2.75, 3.05) is 5.32 Å². The summed E-state index contributed by atoms with van der Waals surface area (Å²) < 4.78 is 5.89. The average molecular weight is 419 g/mol. The molecular formula is C26H17N3O3. The van der Waals surface area contributed by atoms with E-state index in [0.717, 1.165) is 0 Å². The Morgan fingerprint density at radius 3 is 2.25 bits per heavy atom. The van der Waals surface area contributed by atoms with Crippen molar-refractivity contribution in [3.8, 4) is 6.07 Å². The van der Waals surface area contributed by atoms with E-state index >= 15 is 0 Å². The number of ketones is 1. The quantitative estimate of drug-likeness (QED) is 0.627. The number of benzene rings is 3. The summed E-state index contributed by atoms with van der Waals surface area (Å²) in [6.07, 6.45) is 0. The fourth-order valence-corrected chi connectivity index (χ4v) is 4.39. The van der Waals surface area contributed by atoms with Crippen molar-refractivity contribution >= 4 is 23.1 Å². The van der Waals surface area contributed by atoms with E-state index in [1.807, 2.05) is 12.1 Å². The normalized spacial score (nSPS) is 19.3. The van der Waals surface area contributed by atoms with Gasteiger partial charge in [0.2, 0.25) is 11.8 Å². The molecule has 3 aromatic rings. The summed E-state index contributed by atoms with van der Waals surface area (Å²) >= 11 is 0. The molecule has 0 fully saturated rings. The molecule has 3 aromatic carbocycles. The molecule has 3 N–H and O–H groups in total. The number of nitrogens with one attached hydrogen (secondary N) is 1. The Balaban J connectivity index is 1.92. The van der Waals surface area contributed by atoms with Gasteiger partial charge >= 0.3 is 0 Å². The summed E-state index contributed by atoms with van der Waals surface area (Å²) in [5.74, 6) is -0.989. The summed E-state index contributed by atoms with van der Waals surface area (Å²) in [6.45, 7) is 0. The van der Waals surface area contributed by atoms with Crippen LogP contribution >= 0.6 is 0 Å². The maximum Gasteiger partial charge on any atom is 0.245 e. The van der Waals surface area contributed by atoms with Gasteiger partial charge in [0.05, 0.1) is 5.57 Å². The number of Topliss-reactive ketones (excluding diaryl/α,β-unsaturated/α-hetero) is 1. The van der Waals surface area contributed by atoms with Crippen molar-refractivity contribution < 1.29 is 14.3 Å². The predicted molar refractivity (Wildman–Crippen MR) is 119 cm³/mol. The van der Waals surface area contributed by atoms with Gasteiger partial charge in [0.15, 0.2) is 5.78 Å². The van der Waals surface area contributed by atoms with Crippen molar-refractivity contribution in [1.82, 2.24) is 0 Å². The Morgan fingerprint density at radius 1 is 0.938 bits per heavy atom.